The second kappa shape index (κ2) is 11.0. The Kier molecular flexibility index (Phi) is 8.27. The summed E-state index contributed by atoms with van der Waals surface area (Å²) in [4.78, 5) is 39.0. The number of hydrogen-bond donors (Lipinski definition) is 3. The van der Waals surface area contributed by atoms with Gasteiger partial charge in [-0.1, -0.05) is 42.5 Å². The summed E-state index contributed by atoms with van der Waals surface area (Å²) in [6, 6.07) is 16.4. The fourth-order valence-corrected chi connectivity index (χ4v) is 4.02. The lowest BCUT2D eigenvalue weighted by molar-refractivity contribution is -0.130. The maximum Gasteiger partial charge on any atom is 0.255 e. The minimum atomic E-state index is -1.19. The third-order valence-electron chi connectivity index (χ3n) is 6.46. The van der Waals surface area contributed by atoms with Crippen LogP contribution in [0.5, 0.6) is 5.75 Å². The van der Waals surface area contributed by atoms with Gasteiger partial charge in [0.1, 0.15) is 35.5 Å². The zero-order valence-electron chi connectivity index (χ0n) is 20.3. The highest BCUT2D eigenvalue weighted by molar-refractivity contribution is 7.59. The molecule has 0 spiro atoms. The van der Waals surface area contributed by atoms with E-state index < -0.39 is 29.5 Å². The predicted octanol–water partition coefficient (Wildman–Crippen LogP) is 3.28. The average Bonchev–Trinajstić information content (AvgIpc) is 3.35. The molecule has 4 rings (SSSR count). The molecule has 0 unspecified atom stereocenters. The molecule has 2 aromatic carbocycles. The summed E-state index contributed by atoms with van der Waals surface area (Å²) < 4.78 is 11.2. The Labute approximate surface area is 216 Å². The summed E-state index contributed by atoms with van der Waals surface area (Å²) in [5.74, 6) is -0.154. The maximum absolute atomic E-state index is 13.3. The van der Waals surface area contributed by atoms with Gasteiger partial charge in [-0.3, -0.25) is 14.4 Å². The first-order valence-electron chi connectivity index (χ1n) is 11.4. The maximum atomic E-state index is 13.3. The molecule has 2 amide bonds. The molecular weight excluding hydrogens is 480 g/mol. The van der Waals surface area contributed by atoms with Gasteiger partial charge in [0.2, 0.25) is 5.91 Å². The third kappa shape index (κ3) is 5.63. The number of furan rings is 1. The molecule has 1 aliphatic rings. The summed E-state index contributed by atoms with van der Waals surface area (Å²) in [5, 5.41) is 15.2. The van der Waals surface area contributed by atoms with Crippen LogP contribution < -0.4 is 10.6 Å². The SMILES string of the molecule is Cc1oc(-c2ccccc2)cc1C(=O)N[C@@H](Cc1ccc(O)cc1)C(=O)N[C@@]1(C)C(=O)CO[C@@H]1C.S. The number of aryl methyl sites for hydroxylation is 1. The number of ether oxygens (including phenoxy) is 1. The van der Waals surface area contributed by atoms with E-state index in [-0.39, 0.29) is 38.1 Å². The molecule has 1 fully saturated rings. The molecular formula is C27H30N2O6S. The number of phenolic OH excluding ortho intramolecular Hbond substituents is 1. The van der Waals surface area contributed by atoms with Crippen LogP contribution >= 0.6 is 13.5 Å². The zero-order chi connectivity index (χ0) is 25.2. The van der Waals surface area contributed by atoms with E-state index in [0.717, 1.165) is 11.1 Å². The second-order valence-corrected chi connectivity index (χ2v) is 8.91. The van der Waals surface area contributed by atoms with Crippen molar-refractivity contribution >= 4 is 31.1 Å². The smallest absolute Gasteiger partial charge is 0.255 e. The molecule has 3 atom stereocenters. The summed E-state index contributed by atoms with van der Waals surface area (Å²) >= 11 is 0. The van der Waals surface area contributed by atoms with Crippen LogP contribution in [0.3, 0.4) is 0 Å². The first-order chi connectivity index (χ1) is 16.7. The number of hydrogen-bond acceptors (Lipinski definition) is 6. The van der Waals surface area contributed by atoms with Gasteiger partial charge in [0, 0.05) is 12.0 Å². The Morgan fingerprint density at radius 3 is 2.42 bits per heavy atom. The summed E-state index contributed by atoms with van der Waals surface area (Å²) in [7, 11) is 0. The van der Waals surface area contributed by atoms with E-state index in [9.17, 15) is 19.5 Å². The lowest BCUT2D eigenvalue weighted by Crippen LogP contribution is -2.60. The highest BCUT2D eigenvalue weighted by Gasteiger charge is 2.47. The van der Waals surface area contributed by atoms with Crippen molar-refractivity contribution in [1.82, 2.24) is 10.6 Å². The number of amides is 2. The molecule has 1 saturated heterocycles. The Bertz CT molecular complexity index is 1240. The van der Waals surface area contributed by atoms with E-state index in [1.807, 2.05) is 30.3 Å². The number of carbonyl (C=O) groups excluding carboxylic acids is 3. The van der Waals surface area contributed by atoms with Crippen LogP contribution in [0, 0.1) is 6.92 Å². The van der Waals surface area contributed by atoms with Gasteiger partial charge in [-0.05, 0) is 44.5 Å². The molecule has 9 heteroatoms. The van der Waals surface area contributed by atoms with Crippen molar-refractivity contribution in [1.29, 1.82) is 0 Å². The Morgan fingerprint density at radius 2 is 1.81 bits per heavy atom. The van der Waals surface area contributed by atoms with Crippen molar-refractivity contribution in [3.63, 3.8) is 0 Å². The van der Waals surface area contributed by atoms with E-state index in [1.165, 1.54) is 12.1 Å². The van der Waals surface area contributed by atoms with Crippen LogP contribution in [0.15, 0.2) is 65.1 Å². The number of aromatic hydroxyl groups is 1. The van der Waals surface area contributed by atoms with E-state index >= 15 is 0 Å². The molecule has 36 heavy (non-hydrogen) atoms. The molecule has 2 heterocycles. The largest absolute Gasteiger partial charge is 0.508 e. The van der Waals surface area contributed by atoms with Gasteiger partial charge < -0.3 is 24.9 Å². The summed E-state index contributed by atoms with van der Waals surface area (Å²) in [6.45, 7) is 4.95. The second-order valence-electron chi connectivity index (χ2n) is 8.91. The molecule has 0 saturated carbocycles. The van der Waals surface area contributed by atoms with Crippen LogP contribution in [0.25, 0.3) is 11.3 Å². The standard InChI is InChI=1S/C27H28N2O6.H2S/c1-16-21(14-23(35-16)19-7-5-4-6-8-19)25(32)28-22(13-18-9-11-20(30)12-10-18)26(33)29-27(3)17(2)34-15-24(27)31;/h4-12,14,17,22,30H,13,15H2,1-3H3,(H,28,32)(H,29,33);1H2/t17-,22+,27-;/m1./s1. The first-order valence-corrected chi connectivity index (χ1v) is 11.4. The highest BCUT2D eigenvalue weighted by atomic mass is 32.1. The molecule has 190 valence electrons. The monoisotopic (exact) mass is 510 g/mol. The normalized spacial score (nSPS) is 19.9. The van der Waals surface area contributed by atoms with Crippen molar-refractivity contribution in [2.24, 2.45) is 0 Å². The first kappa shape index (κ1) is 27.0. The van der Waals surface area contributed by atoms with Crippen molar-refractivity contribution in [2.75, 3.05) is 6.61 Å². The molecule has 0 aliphatic carbocycles. The molecule has 8 nitrogen and oxygen atoms in total. The molecule has 0 radical (unpaired) electrons. The molecule has 1 aromatic heterocycles. The Hall–Kier alpha value is -3.56. The van der Waals surface area contributed by atoms with E-state index in [1.54, 1.807) is 39.0 Å². The number of phenols is 1. The molecule has 3 N–H and O–H groups in total. The quantitative estimate of drug-likeness (QED) is 0.449. The molecule has 3 aromatic rings. The fraction of sp³-hybridized carbons (Fsp3) is 0.296. The van der Waals surface area contributed by atoms with Gasteiger partial charge in [0.05, 0.1) is 11.7 Å². The van der Waals surface area contributed by atoms with E-state index in [2.05, 4.69) is 10.6 Å². The van der Waals surface area contributed by atoms with Crippen molar-refractivity contribution in [3.8, 4) is 17.1 Å². The van der Waals surface area contributed by atoms with E-state index in [0.29, 0.717) is 17.1 Å². The van der Waals surface area contributed by atoms with Gasteiger partial charge in [-0.15, -0.1) is 0 Å². The van der Waals surface area contributed by atoms with Crippen molar-refractivity contribution in [2.45, 2.75) is 44.9 Å². The van der Waals surface area contributed by atoms with Gasteiger partial charge in [0.25, 0.3) is 5.91 Å². The molecule has 1 aliphatic heterocycles. The third-order valence-corrected chi connectivity index (χ3v) is 6.46. The minimum absolute atomic E-state index is 0. The number of ketones is 1. The average molecular weight is 511 g/mol. The van der Waals surface area contributed by atoms with Crippen LogP contribution in [-0.4, -0.2) is 47.0 Å². The van der Waals surface area contributed by atoms with Gasteiger partial charge in [-0.25, -0.2) is 0 Å². The van der Waals surface area contributed by atoms with E-state index in [4.69, 9.17) is 9.15 Å². The van der Waals surface area contributed by atoms with Crippen molar-refractivity contribution < 1.29 is 28.6 Å². The number of Topliss-reactive ketones (excluding diaryl/α,β-unsaturated/α-hetero) is 1. The number of carbonyl (C=O) groups is 3. The van der Waals surface area contributed by atoms with Crippen molar-refractivity contribution in [3.05, 3.63) is 77.6 Å². The lowest BCUT2D eigenvalue weighted by atomic mass is 9.92. The fourth-order valence-electron chi connectivity index (χ4n) is 4.02. The van der Waals surface area contributed by atoms with Crippen LogP contribution in [0.1, 0.15) is 35.5 Å². The lowest BCUT2D eigenvalue weighted by Gasteiger charge is -2.29. The Balaban J connectivity index is 0.00000361. The number of rotatable bonds is 7. The molecule has 0 bridgehead atoms. The zero-order valence-corrected chi connectivity index (χ0v) is 21.3. The van der Waals surface area contributed by atoms with Gasteiger partial charge in [0.15, 0.2) is 5.78 Å². The predicted molar refractivity (Wildman–Crippen MR) is 139 cm³/mol. The number of benzene rings is 2. The van der Waals surface area contributed by atoms with Crippen LogP contribution in [0.2, 0.25) is 0 Å². The highest BCUT2D eigenvalue weighted by Crippen LogP contribution is 2.26. The minimum Gasteiger partial charge on any atom is -0.508 e. The number of nitrogens with one attached hydrogen (secondary N) is 2. The summed E-state index contributed by atoms with van der Waals surface area (Å²) in [6.07, 6.45) is -0.353. The van der Waals surface area contributed by atoms with Gasteiger partial charge >= 0.3 is 0 Å². The van der Waals surface area contributed by atoms with Gasteiger partial charge in [-0.2, -0.15) is 13.5 Å². The Morgan fingerprint density at radius 1 is 1.14 bits per heavy atom. The topological polar surface area (TPSA) is 118 Å². The van der Waals surface area contributed by atoms with Crippen LogP contribution in [-0.2, 0) is 20.7 Å². The summed E-state index contributed by atoms with van der Waals surface area (Å²) in [5.41, 5.74) is 0.673. The van der Waals surface area contributed by atoms with Crippen LogP contribution in [0.4, 0.5) is 0 Å².